The first-order chi connectivity index (χ1) is 12.5. The summed E-state index contributed by atoms with van der Waals surface area (Å²) in [4.78, 5) is 7.17. The number of nitrogens with one attached hydrogen (secondary N) is 2. The smallest absolute Gasteiger partial charge is 0.193 e. The summed E-state index contributed by atoms with van der Waals surface area (Å²) in [6.45, 7) is 15.0. The number of piperidine rings is 1. The highest BCUT2D eigenvalue weighted by Gasteiger charge is 2.23. The molecule has 2 saturated heterocycles. The molecule has 0 bridgehead atoms. The summed E-state index contributed by atoms with van der Waals surface area (Å²) >= 11 is 0. The Balaban J connectivity index is 0.00000364. The van der Waals surface area contributed by atoms with Gasteiger partial charge in [-0.2, -0.15) is 0 Å². The molecule has 2 rings (SSSR count). The Hall–Kier alpha value is -0.120. The van der Waals surface area contributed by atoms with Gasteiger partial charge in [0.1, 0.15) is 0 Å². The molecule has 0 aliphatic carbocycles. The minimum absolute atomic E-state index is 0. The van der Waals surface area contributed by atoms with Crippen LogP contribution in [0.3, 0.4) is 0 Å². The van der Waals surface area contributed by atoms with Crippen LogP contribution in [0, 0.1) is 0 Å². The van der Waals surface area contributed by atoms with Crippen molar-refractivity contribution in [1.29, 1.82) is 0 Å². The fourth-order valence-electron chi connectivity index (χ4n) is 3.44. The molecular weight excluding hydrogens is 455 g/mol. The Morgan fingerprint density at radius 3 is 2.52 bits per heavy atom. The van der Waals surface area contributed by atoms with E-state index in [1.807, 2.05) is 0 Å². The second kappa shape index (κ2) is 13.2. The molecule has 2 N–H and O–H groups in total. The first-order valence-corrected chi connectivity index (χ1v) is 10.5. The van der Waals surface area contributed by atoms with E-state index in [4.69, 9.17) is 14.5 Å². The maximum absolute atomic E-state index is 6.12. The molecule has 0 spiro atoms. The van der Waals surface area contributed by atoms with Gasteiger partial charge in [0.2, 0.25) is 0 Å². The van der Waals surface area contributed by atoms with Crippen molar-refractivity contribution in [1.82, 2.24) is 15.5 Å². The van der Waals surface area contributed by atoms with Crippen LogP contribution in [0.2, 0.25) is 0 Å². The molecule has 2 aliphatic rings. The maximum atomic E-state index is 6.12. The molecule has 2 heterocycles. The number of hydrogen-bond donors (Lipinski definition) is 2. The zero-order valence-corrected chi connectivity index (χ0v) is 20.1. The normalized spacial score (nSPS) is 22.4. The van der Waals surface area contributed by atoms with E-state index >= 15 is 0 Å². The van der Waals surface area contributed by atoms with Crippen LogP contribution in [-0.4, -0.2) is 74.5 Å². The van der Waals surface area contributed by atoms with Gasteiger partial charge in [-0.25, -0.2) is 0 Å². The van der Waals surface area contributed by atoms with Crippen molar-refractivity contribution in [3.8, 4) is 0 Å². The van der Waals surface area contributed by atoms with Gasteiger partial charge < -0.3 is 25.0 Å². The van der Waals surface area contributed by atoms with E-state index < -0.39 is 0 Å². The van der Waals surface area contributed by atoms with Crippen LogP contribution in [0.15, 0.2) is 4.99 Å². The van der Waals surface area contributed by atoms with Crippen molar-refractivity contribution in [2.45, 2.75) is 77.5 Å². The van der Waals surface area contributed by atoms with Gasteiger partial charge in [0.25, 0.3) is 0 Å². The van der Waals surface area contributed by atoms with Crippen molar-refractivity contribution in [2.24, 2.45) is 4.99 Å². The summed E-state index contributed by atoms with van der Waals surface area (Å²) in [7, 11) is 0. The molecule has 0 amide bonds. The van der Waals surface area contributed by atoms with Crippen molar-refractivity contribution in [3.05, 3.63) is 0 Å². The molecule has 0 aromatic heterocycles. The van der Waals surface area contributed by atoms with Crippen LogP contribution in [-0.2, 0) is 9.47 Å². The zero-order chi connectivity index (χ0) is 18.8. The van der Waals surface area contributed by atoms with Crippen LogP contribution >= 0.6 is 24.0 Å². The summed E-state index contributed by atoms with van der Waals surface area (Å²) in [5, 5.41) is 6.93. The van der Waals surface area contributed by atoms with Crippen LogP contribution in [0.4, 0.5) is 0 Å². The van der Waals surface area contributed by atoms with Crippen molar-refractivity contribution in [2.75, 3.05) is 45.9 Å². The molecule has 27 heavy (non-hydrogen) atoms. The average Bonchev–Trinajstić information content (AvgIpc) is 2.63. The van der Waals surface area contributed by atoms with E-state index in [9.17, 15) is 0 Å². The van der Waals surface area contributed by atoms with Gasteiger partial charge in [-0.15, -0.1) is 24.0 Å². The Kier molecular flexibility index (Phi) is 12.2. The predicted octanol–water partition coefficient (Wildman–Crippen LogP) is 3.01. The molecule has 1 unspecified atom stereocenters. The molecule has 160 valence electrons. The SMILES string of the molecule is CCNC(=NCCNC(C)(C)C)N1CCC(OCC2CCCCO2)CC1.I. The van der Waals surface area contributed by atoms with E-state index in [0.717, 1.165) is 71.2 Å². The van der Waals surface area contributed by atoms with Gasteiger partial charge in [-0.1, -0.05) is 0 Å². The molecule has 7 heteroatoms. The van der Waals surface area contributed by atoms with Gasteiger partial charge in [-0.3, -0.25) is 4.99 Å². The first-order valence-electron chi connectivity index (χ1n) is 10.5. The number of ether oxygens (including phenoxy) is 2. The second-order valence-electron chi connectivity index (χ2n) is 8.42. The van der Waals surface area contributed by atoms with Crippen LogP contribution < -0.4 is 10.6 Å². The highest BCUT2D eigenvalue weighted by molar-refractivity contribution is 14.0. The summed E-state index contributed by atoms with van der Waals surface area (Å²) in [6.07, 6.45) is 6.44. The molecule has 0 aromatic carbocycles. The summed E-state index contributed by atoms with van der Waals surface area (Å²) in [5.41, 5.74) is 0.144. The van der Waals surface area contributed by atoms with Crippen molar-refractivity contribution in [3.63, 3.8) is 0 Å². The fourth-order valence-corrected chi connectivity index (χ4v) is 3.44. The summed E-state index contributed by atoms with van der Waals surface area (Å²) in [5.74, 6) is 1.04. The minimum Gasteiger partial charge on any atom is -0.376 e. The third-order valence-electron chi connectivity index (χ3n) is 4.90. The standard InChI is InChI=1S/C20H40N4O2.HI/c1-5-21-19(22-11-12-23-20(2,3)4)24-13-9-17(10-14-24)26-16-18-8-6-7-15-25-18;/h17-18,23H,5-16H2,1-4H3,(H,21,22);1H. The lowest BCUT2D eigenvalue weighted by Crippen LogP contribution is -2.47. The molecule has 0 saturated carbocycles. The third-order valence-corrected chi connectivity index (χ3v) is 4.90. The molecule has 2 aliphatic heterocycles. The maximum Gasteiger partial charge on any atom is 0.193 e. The lowest BCUT2D eigenvalue weighted by atomic mass is 10.1. The molecular formula is C20H41IN4O2. The topological polar surface area (TPSA) is 58.1 Å². The van der Waals surface area contributed by atoms with E-state index in [1.165, 1.54) is 12.8 Å². The number of hydrogen-bond acceptors (Lipinski definition) is 4. The lowest BCUT2D eigenvalue weighted by Gasteiger charge is -2.35. The highest BCUT2D eigenvalue weighted by Crippen LogP contribution is 2.18. The molecule has 6 nitrogen and oxygen atoms in total. The number of halogens is 1. The first kappa shape index (κ1) is 24.9. The van der Waals surface area contributed by atoms with Gasteiger partial charge in [0.05, 0.1) is 25.4 Å². The number of aliphatic imine (C=N–C) groups is 1. The Morgan fingerprint density at radius 1 is 1.19 bits per heavy atom. The lowest BCUT2D eigenvalue weighted by molar-refractivity contribution is -0.0721. The number of guanidine groups is 1. The van der Waals surface area contributed by atoms with Crippen LogP contribution in [0.25, 0.3) is 0 Å². The van der Waals surface area contributed by atoms with Crippen LogP contribution in [0.1, 0.15) is 59.8 Å². The summed E-state index contributed by atoms with van der Waals surface area (Å²) < 4.78 is 11.9. The number of nitrogens with zero attached hydrogens (tertiary/aromatic N) is 2. The van der Waals surface area contributed by atoms with E-state index in [-0.39, 0.29) is 29.5 Å². The average molecular weight is 496 g/mol. The van der Waals surface area contributed by atoms with Gasteiger partial charge in [-0.05, 0) is 59.8 Å². The van der Waals surface area contributed by atoms with Crippen LogP contribution in [0.5, 0.6) is 0 Å². The van der Waals surface area contributed by atoms with Crippen molar-refractivity contribution >= 4 is 29.9 Å². The Morgan fingerprint density at radius 2 is 1.93 bits per heavy atom. The Labute approximate surface area is 183 Å². The van der Waals surface area contributed by atoms with Gasteiger partial charge in [0, 0.05) is 38.3 Å². The third kappa shape index (κ3) is 10.3. The fraction of sp³-hybridized carbons (Fsp3) is 0.950. The van der Waals surface area contributed by atoms with E-state index in [1.54, 1.807) is 0 Å². The van der Waals surface area contributed by atoms with E-state index in [2.05, 4.69) is 43.2 Å². The van der Waals surface area contributed by atoms with Crippen molar-refractivity contribution < 1.29 is 9.47 Å². The number of rotatable bonds is 7. The zero-order valence-electron chi connectivity index (χ0n) is 17.8. The molecule has 0 aromatic rings. The second-order valence-corrected chi connectivity index (χ2v) is 8.42. The molecule has 1 atom stereocenters. The van der Waals surface area contributed by atoms with E-state index in [0.29, 0.717) is 12.2 Å². The minimum atomic E-state index is 0. The quantitative estimate of drug-likeness (QED) is 0.246. The monoisotopic (exact) mass is 496 g/mol. The predicted molar refractivity (Wildman–Crippen MR) is 123 cm³/mol. The molecule has 0 radical (unpaired) electrons. The highest BCUT2D eigenvalue weighted by atomic mass is 127. The van der Waals surface area contributed by atoms with Gasteiger partial charge >= 0.3 is 0 Å². The van der Waals surface area contributed by atoms with Gasteiger partial charge in [0.15, 0.2) is 5.96 Å². The molecule has 2 fully saturated rings. The Bertz CT molecular complexity index is 415. The summed E-state index contributed by atoms with van der Waals surface area (Å²) in [6, 6.07) is 0. The largest absolute Gasteiger partial charge is 0.376 e. The number of likely N-dealkylation sites (tertiary alicyclic amines) is 1.